The van der Waals surface area contributed by atoms with Gasteiger partial charge in [0.15, 0.2) is 0 Å². The molecule has 6 heteroatoms. The third-order valence-electron chi connectivity index (χ3n) is 3.16. The van der Waals surface area contributed by atoms with Crippen LogP contribution in [0.3, 0.4) is 0 Å². The number of carbonyl (C=O) groups is 2. The third kappa shape index (κ3) is 4.58. The first kappa shape index (κ1) is 17.0. The molecule has 0 spiro atoms. The summed E-state index contributed by atoms with van der Waals surface area (Å²) in [6.45, 7) is 2.02. The maximum absolute atomic E-state index is 12.0. The molecule has 0 aromatic heterocycles. The maximum Gasteiger partial charge on any atom is 0.340 e. The second-order valence-corrected chi connectivity index (χ2v) is 4.86. The number of hydrogen-bond donors (Lipinski definition) is 2. The SMILES string of the molecule is CCOC(=O)c1ccccc1NCC(=O)Nc1ccc(C#N)cc1. The average molecular weight is 323 g/mol. The summed E-state index contributed by atoms with van der Waals surface area (Å²) < 4.78 is 4.99. The number of nitriles is 1. The summed E-state index contributed by atoms with van der Waals surface area (Å²) in [6, 6.07) is 15.4. The Balaban J connectivity index is 1.96. The van der Waals surface area contributed by atoms with Gasteiger partial charge in [0, 0.05) is 11.4 Å². The largest absolute Gasteiger partial charge is 0.462 e. The fourth-order valence-corrected chi connectivity index (χ4v) is 2.03. The minimum Gasteiger partial charge on any atom is -0.462 e. The number of ether oxygens (including phenoxy) is 1. The van der Waals surface area contributed by atoms with E-state index in [9.17, 15) is 9.59 Å². The van der Waals surface area contributed by atoms with Crippen molar-refractivity contribution in [2.45, 2.75) is 6.92 Å². The molecule has 122 valence electrons. The van der Waals surface area contributed by atoms with E-state index in [-0.39, 0.29) is 19.1 Å². The van der Waals surface area contributed by atoms with Crippen LogP contribution in [0.25, 0.3) is 0 Å². The summed E-state index contributed by atoms with van der Waals surface area (Å²) in [5, 5.41) is 14.4. The molecule has 1 amide bonds. The molecule has 0 unspecified atom stereocenters. The Hall–Kier alpha value is -3.33. The lowest BCUT2D eigenvalue weighted by atomic mass is 10.2. The number of rotatable bonds is 6. The van der Waals surface area contributed by atoms with Crippen molar-refractivity contribution in [3.63, 3.8) is 0 Å². The first-order chi connectivity index (χ1) is 11.6. The Morgan fingerprint density at radius 1 is 1.12 bits per heavy atom. The first-order valence-electron chi connectivity index (χ1n) is 7.44. The fraction of sp³-hybridized carbons (Fsp3) is 0.167. The molecule has 0 heterocycles. The highest BCUT2D eigenvalue weighted by Crippen LogP contribution is 2.16. The van der Waals surface area contributed by atoms with E-state index in [0.717, 1.165) is 0 Å². The molecule has 0 saturated carbocycles. The van der Waals surface area contributed by atoms with E-state index >= 15 is 0 Å². The van der Waals surface area contributed by atoms with Gasteiger partial charge in [-0.3, -0.25) is 4.79 Å². The van der Waals surface area contributed by atoms with Gasteiger partial charge in [-0.15, -0.1) is 0 Å². The van der Waals surface area contributed by atoms with Crippen molar-refractivity contribution in [3.05, 3.63) is 59.7 Å². The van der Waals surface area contributed by atoms with Crippen molar-refractivity contribution in [1.29, 1.82) is 5.26 Å². The van der Waals surface area contributed by atoms with Gasteiger partial charge >= 0.3 is 5.97 Å². The second-order valence-electron chi connectivity index (χ2n) is 4.86. The summed E-state index contributed by atoms with van der Waals surface area (Å²) in [7, 11) is 0. The van der Waals surface area contributed by atoms with E-state index in [1.54, 1.807) is 55.5 Å². The molecule has 0 aliphatic carbocycles. The van der Waals surface area contributed by atoms with E-state index in [0.29, 0.717) is 22.5 Å². The predicted molar refractivity (Wildman–Crippen MR) is 90.7 cm³/mol. The van der Waals surface area contributed by atoms with E-state index in [4.69, 9.17) is 10.00 Å². The fourth-order valence-electron chi connectivity index (χ4n) is 2.03. The number of carbonyl (C=O) groups excluding carboxylic acids is 2. The highest BCUT2D eigenvalue weighted by molar-refractivity contribution is 5.98. The normalized spacial score (nSPS) is 9.67. The maximum atomic E-state index is 12.0. The Morgan fingerprint density at radius 2 is 1.83 bits per heavy atom. The van der Waals surface area contributed by atoms with Crippen LogP contribution < -0.4 is 10.6 Å². The van der Waals surface area contributed by atoms with Crippen molar-refractivity contribution in [2.75, 3.05) is 23.8 Å². The van der Waals surface area contributed by atoms with Gasteiger partial charge in [0.25, 0.3) is 0 Å². The number of benzene rings is 2. The molecule has 24 heavy (non-hydrogen) atoms. The van der Waals surface area contributed by atoms with Crippen molar-refractivity contribution in [1.82, 2.24) is 0 Å². The number of hydrogen-bond acceptors (Lipinski definition) is 5. The highest BCUT2D eigenvalue weighted by Gasteiger charge is 2.12. The van der Waals surface area contributed by atoms with Crippen LogP contribution in [0, 0.1) is 11.3 Å². The zero-order chi connectivity index (χ0) is 17.4. The van der Waals surface area contributed by atoms with Crippen LogP contribution in [0.5, 0.6) is 0 Å². The zero-order valence-electron chi connectivity index (χ0n) is 13.2. The third-order valence-corrected chi connectivity index (χ3v) is 3.16. The number of nitrogens with one attached hydrogen (secondary N) is 2. The van der Waals surface area contributed by atoms with Crippen molar-refractivity contribution < 1.29 is 14.3 Å². The molecule has 6 nitrogen and oxygen atoms in total. The van der Waals surface area contributed by atoms with E-state index in [1.165, 1.54) is 0 Å². The van der Waals surface area contributed by atoms with Crippen LogP contribution in [0.1, 0.15) is 22.8 Å². The summed E-state index contributed by atoms with van der Waals surface area (Å²) >= 11 is 0. The van der Waals surface area contributed by atoms with Crippen molar-refractivity contribution >= 4 is 23.3 Å². The molecule has 0 aliphatic rings. The highest BCUT2D eigenvalue weighted by atomic mass is 16.5. The van der Waals surface area contributed by atoms with E-state index in [2.05, 4.69) is 10.6 Å². The minimum atomic E-state index is -0.437. The van der Waals surface area contributed by atoms with Crippen LogP contribution >= 0.6 is 0 Å². The minimum absolute atomic E-state index is 0.00355. The van der Waals surface area contributed by atoms with E-state index in [1.807, 2.05) is 6.07 Å². The van der Waals surface area contributed by atoms with Gasteiger partial charge in [-0.05, 0) is 43.3 Å². The molecule has 2 aromatic rings. The quantitative estimate of drug-likeness (QED) is 0.798. The number of esters is 1. The molecule has 0 fully saturated rings. The van der Waals surface area contributed by atoms with Crippen LogP contribution in [0.15, 0.2) is 48.5 Å². The molecule has 2 aromatic carbocycles. The molecule has 0 aliphatic heterocycles. The van der Waals surface area contributed by atoms with Gasteiger partial charge in [-0.25, -0.2) is 4.79 Å². The Bertz CT molecular complexity index is 764. The topological polar surface area (TPSA) is 91.2 Å². The van der Waals surface area contributed by atoms with Crippen molar-refractivity contribution in [3.8, 4) is 6.07 Å². The standard InChI is InChI=1S/C18H17N3O3/c1-2-24-18(23)15-5-3-4-6-16(15)20-12-17(22)21-14-9-7-13(11-19)8-10-14/h3-10,20H,2,12H2,1H3,(H,21,22). The molecule has 0 atom stereocenters. The van der Waals surface area contributed by atoms with Gasteiger partial charge in [0.2, 0.25) is 5.91 Å². The Labute approximate surface area is 140 Å². The van der Waals surface area contributed by atoms with Gasteiger partial charge in [0.05, 0.1) is 30.3 Å². The van der Waals surface area contributed by atoms with Gasteiger partial charge in [-0.1, -0.05) is 12.1 Å². The lowest BCUT2D eigenvalue weighted by Crippen LogP contribution is -2.22. The van der Waals surface area contributed by atoms with E-state index < -0.39 is 5.97 Å². The summed E-state index contributed by atoms with van der Waals surface area (Å²) in [4.78, 5) is 23.9. The molecule has 2 N–H and O–H groups in total. The van der Waals surface area contributed by atoms with Crippen LogP contribution in [-0.4, -0.2) is 25.0 Å². The van der Waals surface area contributed by atoms with Crippen LogP contribution in [0.2, 0.25) is 0 Å². The first-order valence-corrected chi connectivity index (χ1v) is 7.44. The Kier molecular flexibility index (Phi) is 5.92. The molecular formula is C18H17N3O3. The smallest absolute Gasteiger partial charge is 0.340 e. The average Bonchev–Trinajstić information content (AvgIpc) is 2.61. The number of nitrogens with zero attached hydrogens (tertiary/aromatic N) is 1. The van der Waals surface area contributed by atoms with Gasteiger partial charge < -0.3 is 15.4 Å². The van der Waals surface area contributed by atoms with Crippen LogP contribution in [0.4, 0.5) is 11.4 Å². The summed E-state index contributed by atoms with van der Waals surface area (Å²) in [5.74, 6) is -0.702. The van der Waals surface area contributed by atoms with Gasteiger partial charge in [-0.2, -0.15) is 5.26 Å². The summed E-state index contributed by atoms with van der Waals surface area (Å²) in [6.07, 6.45) is 0. The summed E-state index contributed by atoms with van der Waals surface area (Å²) in [5.41, 5.74) is 2.03. The molecule has 0 radical (unpaired) electrons. The predicted octanol–water partition coefficient (Wildman–Crippen LogP) is 2.79. The molecular weight excluding hydrogens is 306 g/mol. The van der Waals surface area contributed by atoms with Crippen molar-refractivity contribution in [2.24, 2.45) is 0 Å². The Morgan fingerprint density at radius 3 is 2.50 bits per heavy atom. The lowest BCUT2D eigenvalue weighted by molar-refractivity contribution is -0.114. The van der Waals surface area contributed by atoms with Crippen LogP contribution in [-0.2, 0) is 9.53 Å². The lowest BCUT2D eigenvalue weighted by Gasteiger charge is -2.11. The molecule has 0 bridgehead atoms. The van der Waals surface area contributed by atoms with Gasteiger partial charge in [0.1, 0.15) is 0 Å². The number of anilines is 2. The molecule has 2 rings (SSSR count). The second kappa shape index (κ2) is 8.34. The molecule has 0 saturated heterocycles. The zero-order valence-corrected chi connectivity index (χ0v) is 13.2. The number of amides is 1. The number of para-hydroxylation sites is 1. The monoisotopic (exact) mass is 323 g/mol.